The summed E-state index contributed by atoms with van der Waals surface area (Å²) >= 11 is 0. The minimum Gasteiger partial charge on any atom is -0.494 e. The van der Waals surface area contributed by atoms with Crippen molar-refractivity contribution in [3.63, 3.8) is 0 Å². The molecule has 0 saturated carbocycles. The van der Waals surface area contributed by atoms with Gasteiger partial charge in [0.2, 0.25) is 39.1 Å². The summed E-state index contributed by atoms with van der Waals surface area (Å²) in [5, 5.41) is 57.6. The molecular formula is C70H108N14O20S. The van der Waals surface area contributed by atoms with E-state index in [4.69, 9.17) is 35.5 Å². The van der Waals surface area contributed by atoms with E-state index in [0.29, 0.717) is 128 Å². The van der Waals surface area contributed by atoms with Crippen molar-refractivity contribution in [2.24, 2.45) is 13.0 Å². The van der Waals surface area contributed by atoms with E-state index in [1.54, 1.807) is 54.0 Å². The fourth-order valence-corrected chi connectivity index (χ4v) is 13.5. The fraction of sp³-hybridized carbons (Fsp3) is 0.629. The number of benzene rings is 2. The largest absolute Gasteiger partial charge is 0.494 e. The summed E-state index contributed by atoms with van der Waals surface area (Å²) in [6, 6.07) is 5.19. The van der Waals surface area contributed by atoms with E-state index in [-0.39, 0.29) is 111 Å². The van der Waals surface area contributed by atoms with Crippen molar-refractivity contribution in [2.75, 3.05) is 156 Å². The number of aliphatic hydroxyl groups excluding tert-OH is 2. The molecule has 12 N–H and O–H groups in total. The Balaban J connectivity index is 0.830. The van der Waals surface area contributed by atoms with Gasteiger partial charge in [0.1, 0.15) is 29.5 Å². The minimum atomic E-state index is -4.48. The molecule has 2 radical (unpaired) electrons. The number of ether oxygens (including phenoxy) is 6. The predicted octanol–water partition coefficient (Wildman–Crippen LogP) is -0.241. The number of carboxylic acids is 2. The van der Waals surface area contributed by atoms with Gasteiger partial charge in [-0.1, -0.05) is 26.8 Å². The van der Waals surface area contributed by atoms with Gasteiger partial charge < -0.3 is 95.2 Å². The molecule has 5 amide bonds. The van der Waals surface area contributed by atoms with Crippen LogP contribution in [-0.4, -0.2) is 292 Å². The Morgan fingerprint density at radius 3 is 1.99 bits per heavy atom. The van der Waals surface area contributed by atoms with Gasteiger partial charge in [-0.05, 0) is 93.5 Å². The molecule has 584 valence electrons. The number of pyridine rings is 1. The molecule has 0 spiro atoms. The summed E-state index contributed by atoms with van der Waals surface area (Å²) in [6.45, 7) is 15.5. The van der Waals surface area contributed by atoms with Crippen LogP contribution in [0, 0.1) is 26.8 Å². The zero-order valence-corrected chi connectivity index (χ0v) is 61.9. The molecule has 2 aromatic carbocycles. The number of hydrogen-bond acceptors (Lipinski definition) is 24. The number of aryl methyl sites for hydroxylation is 3. The van der Waals surface area contributed by atoms with Gasteiger partial charge in [0, 0.05) is 155 Å². The summed E-state index contributed by atoms with van der Waals surface area (Å²) < 4.78 is 65.4. The van der Waals surface area contributed by atoms with Crippen LogP contribution < -0.4 is 46.8 Å². The molecule has 0 bridgehead atoms. The third kappa shape index (κ3) is 29.5. The maximum atomic E-state index is 13.7. The van der Waals surface area contributed by atoms with Gasteiger partial charge in [0.25, 0.3) is 5.91 Å². The van der Waals surface area contributed by atoms with Gasteiger partial charge in [-0.3, -0.25) is 53.1 Å². The number of hydrogen-bond donors (Lipinski definition) is 12. The number of carbonyl (C=O) groups excluding carboxylic acids is 5. The van der Waals surface area contributed by atoms with E-state index in [2.05, 4.69) is 51.5 Å². The summed E-state index contributed by atoms with van der Waals surface area (Å²) in [5.41, 5.74) is 1.05. The number of likely N-dealkylation sites (N-methyl/N-ethyl adjacent to an activating group) is 1. The van der Waals surface area contributed by atoms with Crippen molar-refractivity contribution in [2.45, 2.75) is 128 Å². The fourth-order valence-electron chi connectivity index (χ4n) is 11.9. The number of nitrogens with zero attached hydrogens (tertiary/aromatic N) is 6. The number of carboxylic acid groups (broad SMARTS) is 2. The number of rotatable bonds is 44. The highest BCUT2D eigenvalue weighted by Gasteiger charge is 2.42. The van der Waals surface area contributed by atoms with Crippen molar-refractivity contribution < 1.29 is 90.8 Å². The first kappa shape index (κ1) is 86.1. The molecule has 105 heavy (non-hydrogen) atoms. The maximum absolute atomic E-state index is 13.7. The van der Waals surface area contributed by atoms with Crippen LogP contribution in [-0.2, 0) is 76.1 Å². The van der Waals surface area contributed by atoms with Crippen molar-refractivity contribution >= 4 is 68.3 Å². The normalized spacial score (nSPS) is 18.8. The highest BCUT2D eigenvalue weighted by atomic mass is 32.2. The van der Waals surface area contributed by atoms with E-state index in [1.165, 1.54) is 32.2 Å². The molecule has 34 nitrogen and oxygen atoms in total. The van der Waals surface area contributed by atoms with Crippen LogP contribution in [0.4, 0.5) is 5.95 Å². The van der Waals surface area contributed by atoms with Gasteiger partial charge in [0.15, 0.2) is 12.2 Å². The third-order valence-corrected chi connectivity index (χ3v) is 19.6. The number of carbonyl (C=O) groups is 7. The molecule has 4 aromatic rings. The summed E-state index contributed by atoms with van der Waals surface area (Å²) in [4.78, 5) is 118. The first-order chi connectivity index (χ1) is 50.3. The Labute approximate surface area is 613 Å². The van der Waals surface area contributed by atoms with E-state index in [9.17, 15) is 67.2 Å². The lowest BCUT2D eigenvalue weighted by Crippen LogP contribution is -2.54. The highest BCUT2D eigenvalue weighted by molar-refractivity contribution is 7.89. The lowest BCUT2D eigenvalue weighted by molar-refractivity contribution is -0.282. The molecule has 2 aliphatic rings. The zero-order chi connectivity index (χ0) is 76.4. The lowest BCUT2D eigenvalue weighted by Gasteiger charge is -2.41. The number of amides is 5. The van der Waals surface area contributed by atoms with Gasteiger partial charge in [-0.25, -0.2) is 13.4 Å². The van der Waals surface area contributed by atoms with Crippen LogP contribution in [0.3, 0.4) is 0 Å². The second-order valence-corrected chi connectivity index (χ2v) is 27.6. The number of sulfonamides is 1. The number of aliphatic hydroxyl groups is 2. The summed E-state index contributed by atoms with van der Waals surface area (Å²) in [6.07, 6.45) is 3.02. The third-order valence-electron chi connectivity index (χ3n) is 17.8. The van der Waals surface area contributed by atoms with Gasteiger partial charge in [-0.15, -0.1) is 0 Å². The van der Waals surface area contributed by atoms with Crippen LogP contribution in [0.25, 0.3) is 10.9 Å². The molecule has 6 unspecified atom stereocenters. The molecular weight excluding hydrogens is 1390 g/mol. The van der Waals surface area contributed by atoms with Crippen molar-refractivity contribution in [3.05, 3.63) is 88.4 Å². The van der Waals surface area contributed by atoms with Crippen molar-refractivity contribution in [1.82, 2.24) is 65.4 Å². The topological polar surface area (TPSA) is 438 Å². The first-order valence-corrected chi connectivity index (χ1v) is 37.2. The van der Waals surface area contributed by atoms with E-state index < -0.39 is 100 Å². The van der Waals surface area contributed by atoms with E-state index >= 15 is 0 Å². The van der Waals surface area contributed by atoms with Crippen LogP contribution in [0.15, 0.2) is 58.6 Å². The van der Waals surface area contributed by atoms with Crippen LogP contribution >= 0.6 is 0 Å². The molecule has 2 fully saturated rings. The number of imidazole rings is 1. The van der Waals surface area contributed by atoms with Gasteiger partial charge >= 0.3 is 11.9 Å². The number of anilines is 1. The monoisotopic (exact) mass is 1500 g/mol. The molecule has 35 heteroatoms. The zero-order valence-electron chi connectivity index (χ0n) is 61.1. The predicted molar refractivity (Wildman–Crippen MR) is 386 cm³/mol. The first-order valence-electron chi connectivity index (χ1n) is 35.7. The van der Waals surface area contributed by atoms with Crippen LogP contribution in [0.1, 0.15) is 92.8 Å². The molecule has 2 aromatic heterocycles. The molecule has 2 aliphatic heterocycles. The molecule has 0 aliphatic carbocycles. The van der Waals surface area contributed by atoms with Crippen molar-refractivity contribution in [1.29, 1.82) is 0 Å². The minimum absolute atomic E-state index is 0.00294. The number of aromatic amines is 1. The Morgan fingerprint density at radius 1 is 0.733 bits per heavy atom. The maximum Gasteiger partial charge on any atom is 0.323 e. The number of nitrogens with one attached hydrogen (secondary N) is 8. The summed E-state index contributed by atoms with van der Waals surface area (Å²) in [5.74, 6) is -4.57. The standard InChI is InChI=1S/C70H108N14O20S/c1-8-57-62(90)49(5)63(91)69(104-57)103-34-22-72-59(86)17-16-54(78-60(87)45-83-26-24-80(6)23-25-82(9-2)27-28-84(30-29-83)46-61(88)89)67(94)73-19-12-32-100-36-38-101-37-35-99-31-11-18-71-58(85)13-10-33-102-51-39-47(3)65(48(4)40-51)105(97,98)79-55(68(95)96)43-76-66(93)53-44-81(7)56-41-50(14-15-52(56)64(53)92)42-77-70-74-20-21-75-70/h6,14-15,20-21,39-41,44,49,54-55,57,62-63,69,79,90-91H,8-13,16-19,22-38,42-43,45-46H2,1-5,7H3,(H,71,85)(H,72,86)(H,73,94)(H,76,93)(H,78,87)(H,88,89)(H,95,96)(H2,74,75,77)/t49?,54-,55?,57?,62?,63?,69?/m1/s1. The smallest absolute Gasteiger partial charge is 0.323 e. The van der Waals surface area contributed by atoms with Gasteiger partial charge in [0.05, 0.1) is 75.4 Å². The highest BCUT2D eigenvalue weighted by Crippen LogP contribution is 2.29. The van der Waals surface area contributed by atoms with E-state index in [1.807, 2.05) is 23.6 Å². The van der Waals surface area contributed by atoms with Crippen molar-refractivity contribution in [3.8, 4) is 5.75 Å². The van der Waals surface area contributed by atoms with Gasteiger partial charge in [-0.2, -0.15) is 4.72 Å². The second-order valence-electron chi connectivity index (χ2n) is 26.0. The number of aromatic nitrogens is 3. The quantitative estimate of drug-likeness (QED) is 0.0254. The lowest BCUT2D eigenvalue weighted by atomic mass is 9.90. The Bertz CT molecular complexity index is 3570. The number of H-pyrrole nitrogens is 1. The molecule has 4 heterocycles. The average molecular weight is 1500 g/mol. The Kier molecular flexibility index (Phi) is 36.9. The van der Waals surface area contributed by atoms with Crippen LogP contribution in [0.5, 0.6) is 5.75 Å². The van der Waals surface area contributed by atoms with Crippen LogP contribution in [0.2, 0.25) is 0 Å². The Hall–Kier alpha value is -7.78. The number of aliphatic carboxylic acids is 2. The average Bonchev–Trinajstić information content (AvgIpc) is 1.01. The Morgan fingerprint density at radius 2 is 1.35 bits per heavy atom. The molecule has 2 saturated heterocycles. The summed E-state index contributed by atoms with van der Waals surface area (Å²) in [7, 11) is 3.50. The number of fused-ring (bicyclic) bond motifs is 1. The molecule has 7 atom stereocenters. The van der Waals surface area contributed by atoms with E-state index in [0.717, 1.165) is 12.1 Å². The second kappa shape index (κ2) is 45.0. The SMILES string of the molecule is [CH]N1CCN(CC)CCN(CC(=O)O)CCN(CC(=O)N[C@H](CCC(=O)NCCOC2OC(CC)C(O)C(C)C2O)C(=O)NCCCOCCOCCOCCCNC(=O)CCCOc2cc(C)c(S(=O)(=O)NC(CNC(=O)c3cn(C)c4cc(CNc5ncc[nH]5)ccc4c3=O)C(=O)O)c(C)c2)CC1. The molecule has 6 rings (SSSR count).